The summed E-state index contributed by atoms with van der Waals surface area (Å²) in [5.41, 5.74) is 2.10. The fraction of sp³-hybridized carbons (Fsp3) is 0.474. The van der Waals surface area contributed by atoms with E-state index in [1.807, 2.05) is 33.8 Å². The molecule has 5 nitrogen and oxygen atoms in total. The van der Waals surface area contributed by atoms with Gasteiger partial charge in [-0.2, -0.15) is 5.10 Å². The Kier molecular flexibility index (Phi) is 5.95. The van der Waals surface area contributed by atoms with Crippen molar-refractivity contribution in [3.8, 4) is 5.69 Å². The number of hydrogen-bond donors (Lipinski definition) is 2. The Morgan fingerprint density at radius 3 is 2.60 bits per heavy atom. The number of aliphatic hydroxyl groups excluding tert-OH is 1. The average Bonchev–Trinajstić information content (AvgIpc) is 2.89. The highest BCUT2D eigenvalue weighted by Crippen LogP contribution is 2.21. The van der Waals surface area contributed by atoms with Gasteiger partial charge < -0.3 is 10.4 Å². The monoisotopic (exact) mass is 347 g/mol. The molecule has 0 saturated heterocycles. The third-order valence-electron chi connectivity index (χ3n) is 4.19. The molecular formula is C19H26FN3O2. The molecule has 0 aliphatic carbocycles. The second-order valence-electron chi connectivity index (χ2n) is 7.19. The zero-order valence-electron chi connectivity index (χ0n) is 15.3. The van der Waals surface area contributed by atoms with Crippen molar-refractivity contribution >= 4 is 5.91 Å². The normalized spacial score (nSPS) is 11.6. The van der Waals surface area contributed by atoms with Crippen molar-refractivity contribution in [2.45, 2.75) is 40.5 Å². The number of aryl methyl sites for hydroxylation is 2. The Morgan fingerprint density at radius 1 is 1.32 bits per heavy atom. The smallest absolute Gasteiger partial charge is 0.251 e. The largest absolute Gasteiger partial charge is 0.396 e. The van der Waals surface area contributed by atoms with E-state index in [1.54, 1.807) is 12.1 Å². The van der Waals surface area contributed by atoms with Gasteiger partial charge in [-0.1, -0.05) is 13.8 Å². The molecule has 0 aliphatic heterocycles. The molecule has 2 N–H and O–H groups in total. The molecule has 1 amide bonds. The van der Waals surface area contributed by atoms with Crippen LogP contribution in [0.3, 0.4) is 0 Å². The first-order valence-corrected chi connectivity index (χ1v) is 8.46. The van der Waals surface area contributed by atoms with Crippen LogP contribution in [0.4, 0.5) is 4.39 Å². The molecule has 0 atom stereocenters. The number of hydrogen-bond acceptors (Lipinski definition) is 3. The van der Waals surface area contributed by atoms with Gasteiger partial charge in [0.25, 0.3) is 5.91 Å². The molecule has 1 heterocycles. The lowest BCUT2D eigenvalue weighted by atomic mass is 9.89. The molecule has 25 heavy (non-hydrogen) atoms. The summed E-state index contributed by atoms with van der Waals surface area (Å²) in [6.07, 6.45) is 1.56. The summed E-state index contributed by atoms with van der Waals surface area (Å²) < 4.78 is 15.9. The Labute approximate surface area is 147 Å². The molecule has 0 unspecified atom stereocenters. The third kappa shape index (κ3) is 4.89. The number of amides is 1. The molecule has 0 aliphatic rings. The van der Waals surface area contributed by atoms with Crippen LogP contribution in [0.15, 0.2) is 24.3 Å². The van der Waals surface area contributed by atoms with Crippen LogP contribution in [-0.4, -0.2) is 33.9 Å². The van der Waals surface area contributed by atoms with Gasteiger partial charge in [0.15, 0.2) is 0 Å². The third-order valence-corrected chi connectivity index (χ3v) is 4.19. The number of aliphatic hydroxyl groups is 1. The maximum atomic E-state index is 14.4. The van der Waals surface area contributed by atoms with Gasteiger partial charge in [0, 0.05) is 24.4 Å². The van der Waals surface area contributed by atoms with Gasteiger partial charge in [0.2, 0.25) is 0 Å². The summed E-state index contributed by atoms with van der Waals surface area (Å²) >= 11 is 0. The average molecular weight is 347 g/mol. The molecule has 0 spiro atoms. The summed E-state index contributed by atoms with van der Waals surface area (Å²) in [6.45, 7) is 8.25. The number of halogens is 1. The number of nitrogens with zero attached hydrogens (tertiary/aromatic N) is 2. The highest BCUT2D eigenvalue weighted by Gasteiger charge is 2.16. The first-order chi connectivity index (χ1) is 11.7. The topological polar surface area (TPSA) is 67.2 Å². The van der Waals surface area contributed by atoms with Crippen molar-refractivity contribution in [1.29, 1.82) is 0 Å². The molecule has 0 bridgehead atoms. The number of nitrogens with one attached hydrogen (secondary N) is 1. The molecule has 0 fully saturated rings. The first kappa shape index (κ1) is 19.1. The van der Waals surface area contributed by atoms with E-state index >= 15 is 0 Å². The van der Waals surface area contributed by atoms with Gasteiger partial charge in [-0.3, -0.25) is 4.79 Å². The minimum Gasteiger partial charge on any atom is -0.396 e. The van der Waals surface area contributed by atoms with Crippen molar-refractivity contribution in [2.24, 2.45) is 5.41 Å². The van der Waals surface area contributed by atoms with Gasteiger partial charge in [0.05, 0.1) is 5.69 Å². The van der Waals surface area contributed by atoms with E-state index in [1.165, 1.54) is 10.7 Å². The molecule has 2 rings (SSSR count). The van der Waals surface area contributed by atoms with Gasteiger partial charge in [-0.25, -0.2) is 9.07 Å². The lowest BCUT2D eigenvalue weighted by molar-refractivity contribution is 0.0948. The van der Waals surface area contributed by atoms with E-state index in [4.69, 9.17) is 0 Å². The van der Waals surface area contributed by atoms with Crippen molar-refractivity contribution in [3.63, 3.8) is 0 Å². The van der Waals surface area contributed by atoms with Crippen LogP contribution in [0.2, 0.25) is 0 Å². The first-order valence-electron chi connectivity index (χ1n) is 8.46. The minimum absolute atomic E-state index is 0.111. The van der Waals surface area contributed by atoms with E-state index in [9.17, 15) is 14.3 Å². The lowest BCUT2D eigenvalue weighted by Crippen LogP contribution is -2.26. The van der Waals surface area contributed by atoms with Gasteiger partial charge in [-0.05, 0) is 56.4 Å². The van der Waals surface area contributed by atoms with Crippen LogP contribution in [0, 0.1) is 25.1 Å². The van der Waals surface area contributed by atoms with Crippen LogP contribution in [0.25, 0.3) is 5.69 Å². The van der Waals surface area contributed by atoms with E-state index in [0.717, 1.165) is 24.2 Å². The zero-order valence-corrected chi connectivity index (χ0v) is 15.3. The van der Waals surface area contributed by atoms with Crippen LogP contribution < -0.4 is 5.32 Å². The Bertz CT molecular complexity index is 753. The maximum absolute atomic E-state index is 14.4. The molecule has 6 heteroatoms. The van der Waals surface area contributed by atoms with E-state index in [-0.39, 0.29) is 23.5 Å². The number of benzene rings is 1. The van der Waals surface area contributed by atoms with Crippen molar-refractivity contribution in [1.82, 2.24) is 15.1 Å². The zero-order chi connectivity index (χ0) is 18.6. The molecule has 2 aromatic rings. The molecule has 1 aromatic heterocycles. The van der Waals surface area contributed by atoms with Gasteiger partial charge in [-0.15, -0.1) is 0 Å². The van der Waals surface area contributed by atoms with Crippen molar-refractivity contribution < 1.29 is 14.3 Å². The minimum atomic E-state index is -0.486. The molecule has 136 valence electrons. The quantitative estimate of drug-likeness (QED) is 0.756. The Hall–Kier alpha value is -2.21. The maximum Gasteiger partial charge on any atom is 0.251 e. The Balaban J connectivity index is 2.00. The van der Waals surface area contributed by atoms with Gasteiger partial charge in [0.1, 0.15) is 11.5 Å². The number of carbonyl (C=O) groups is 1. The van der Waals surface area contributed by atoms with Gasteiger partial charge >= 0.3 is 0 Å². The van der Waals surface area contributed by atoms with Crippen LogP contribution >= 0.6 is 0 Å². The fourth-order valence-electron chi connectivity index (χ4n) is 2.64. The lowest BCUT2D eigenvalue weighted by Gasteiger charge is -2.21. The van der Waals surface area contributed by atoms with Crippen LogP contribution in [-0.2, 0) is 0 Å². The van der Waals surface area contributed by atoms with E-state index in [0.29, 0.717) is 12.2 Å². The summed E-state index contributed by atoms with van der Waals surface area (Å²) in [7, 11) is 0. The molecule has 0 saturated carbocycles. The predicted octanol–water partition coefficient (Wildman–Crippen LogP) is 3.16. The molecule has 1 aromatic carbocycles. The number of rotatable bonds is 7. The van der Waals surface area contributed by atoms with Crippen LogP contribution in [0.5, 0.6) is 0 Å². The SMILES string of the molecule is Cc1cc(C)n(-c2ccc(C(=O)NCCCC(C)(C)CO)cc2F)n1. The van der Waals surface area contributed by atoms with Crippen molar-refractivity contribution in [3.05, 3.63) is 47.0 Å². The summed E-state index contributed by atoms with van der Waals surface area (Å²) in [6, 6.07) is 6.27. The second-order valence-corrected chi connectivity index (χ2v) is 7.19. The van der Waals surface area contributed by atoms with Crippen LogP contribution in [0.1, 0.15) is 48.4 Å². The highest BCUT2D eigenvalue weighted by molar-refractivity contribution is 5.94. The molecular weight excluding hydrogens is 321 g/mol. The summed E-state index contributed by atoms with van der Waals surface area (Å²) in [5.74, 6) is -0.791. The van der Waals surface area contributed by atoms with E-state index in [2.05, 4.69) is 10.4 Å². The van der Waals surface area contributed by atoms with Crippen molar-refractivity contribution in [2.75, 3.05) is 13.2 Å². The number of carbonyl (C=O) groups excluding carboxylic acids is 1. The highest BCUT2D eigenvalue weighted by atomic mass is 19.1. The molecule has 0 radical (unpaired) electrons. The summed E-state index contributed by atoms with van der Waals surface area (Å²) in [4.78, 5) is 12.2. The second kappa shape index (κ2) is 7.78. The summed E-state index contributed by atoms with van der Waals surface area (Å²) in [5, 5.41) is 16.3. The fourth-order valence-corrected chi connectivity index (χ4v) is 2.64. The van der Waals surface area contributed by atoms with E-state index < -0.39 is 5.82 Å². The Morgan fingerprint density at radius 2 is 2.04 bits per heavy atom. The standard InChI is InChI=1S/C19H26FN3O2/c1-13-10-14(2)23(22-13)17-7-6-15(11-16(17)20)18(25)21-9-5-8-19(3,4)12-24/h6-7,10-11,24H,5,8-9,12H2,1-4H3,(H,21,25). The predicted molar refractivity (Wildman–Crippen MR) is 95.4 cm³/mol. The number of aromatic nitrogens is 2.